The lowest BCUT2D eigenvalue weighted by Crippen LogP contribution is -2.37. The van der Waals surface area contributed by atoms with E-state index in [9.17, 15) is 9.00 Å². The van der Waals surface area contributed by atoms with Crippen LogP contribution in [0.2, 0.25) is 0 Å². The van der Waals surface area contributed by atoms with Gasteiger partial charge in [0.2, 0.25) is 5.91 Å². The second-order valence-corrected chi connectivity index (χ2v) is 7.93. The van der Waals surface area contributed by atoms with Gasteiger partial charge in [0.15, 0.2) is 0 Å². The second-order valence-electron chi connectivity index (χ2n) is 5.40. The topological polar surface area (TPSA) is 72.2 Å². The van der Waals surface area contributed by atoms with Crippen molar-refractivity contribution in [2.45, 2.75) is 44.2 Å². The van der Waals surface area contributed by atoms with Gasteiger partial charge < -0.3 is 11.1 Å². The highest BCUT2D eigenvalue weighted by atomic mass is 32.2. The van der Waals surface area contributed by atoms with Crippen LogP contribution >= 0.6 is 0 Å². The summed E-state index contributed by atoms with van der Waals surface area (Å²) >= 11 is 0. The predicted molar refractivity (Wildman–Crippen MR) is 80.3 cm³/mol. The molecular formula is C14H22N2O2S. The van der Waals surface area contributed by atoms with Crippen molar-refractivity contribution in [3.8, 4) is 0 Å². The van der Waals surface area contributed by atoms with Crippen LogP contribution in [-0.4, -0.2) is 20.1 Å². The molecule has 1 amide bonds. The number of rotatable bonds is 4. The summed E-state index contributed by atoms with van der Waals surface area (Å²) in [4.78, 5) is 12.1. The molecule has 0 aliphatic heterocycles. The number of hydrogen-bond donors (Lipinski definition) is 2. The molecule has 2 unspecified atom stereocenters. The Morgan fingerprint density at radius 3 is 2.47 bits per heavy atom. The van der Waals surface area contributed by atoms with Crippen LogP contribution in [0, 0.1) is 0 Å². The molecule has 3 N–H and O–H groups in total. The summed E-state index contributed by atoms with van der Waals surface area (Å²) in [6.07, 6.45) is 0. The first kappa shape index (κ1) is 15.9. The van der Waals surface area contributed by atoms with E-state index >= 15 is 0 Å². The number of nitrogens with two attached hydrogens (primary N) is 1. The first-order valence-corrected chi connectivity index (χ1v) is 7.48. The Hall–Kier alpha value is -1.20. The Labute approximate surface area is 117 Å². The summed E-state index contributed by atoms with van der Waals surface area (Å²) in [6.45, 7) is 7.62. The molecule has 106 valence electrons. The van der Waals surface area contributed by atoms with Crippen LogP contribution in [-0.2, 0) is 22.1 Å². The molecule has 1 rings (SSSR count). The van der Waals surface area contributed by atoms with Gasteiger partial charge in [-0.1, -0.05) is 18.2 Å². The molecule has 0 bridgehead atoms. The summed E-state index contributed by atoms with van der Waals surface area (Å²) < 4.78 is 11.8. The molecule has 0 saturated carbocycles. The maximum Gasteiger partial charge on any atom is 0.239 e. The van der Waals surface area contributed by atoms with Crippen LogP contribution < -0.4 is 11.1 Å². The molecule has 0 heterocycles. The molecule has 5 heteroatoms. The monoisotopic (exact) mass is 282 g/mol. The highest BCUT2D eigenvalue weighted by molar-refractivity contribution is 7.87. The van der Waals surface area contributed by atoms with Crippen molar-refractivity contribution in [2.24, 2.45) is 5.73 Å². The Bertz CT molecular complexity index is 481. The molecule has 1 aromatic rings. The van der Waals surface area contributed by atoms with Gasteiger partial charge in [-0.2, -0.15) is 0 Å². The Kier molecular flexibility index (Phi) is 5.26. The minimum Gasteiger partial charge on any atom is -0.326 e. The van der Waals surface area contributed by atoms with Gasteiger partial charge in [-0.3, -0.25) is 9.00 Å². The van der Waals surface area contributed by atoms with Crippen LogP contribution in [0.25, 0.3) is 0 Å². The number of hydrogen-bond acceptors (Lipinski definition) is 3. The average Bonchev–Trinajstić information content (AvgIpc) is 2.36. The summed E-state index contributed by atoms with van der Waals surface area (Å²) in [5, 5.41) is 2.24. The molecular weight excluding hydrogens is 260 g/mol. The summed E-state index contributed by atoms with van der Waals surface area (Å²) in [5.41, 5.74) is 7.17. The number of carbonyl (C=O) groups is 1. The van der Waals surface area contributed by atoms with E-state index in [2.05, 4.69) is 5.32 Å². The van der Waals surface area contributed by atoms with Gasteiger partial charge in [-0.25, -0.2) is 0 Å². The minimum absolute atomic E-state index is 0.242. The van der Waals surface area contributed by atoms with Gasteiger partial charge in [0.1, 0.15) is 5.25 Å². The Morgan fingerprint density at radius 2 is 1.95 bits per heavy atom. The van der Waals surface area contributed by atoms with Gasteiger partial charge in [0.25, 0.3) is 0 Å². The lowest BCUT2D eigenvalue weighted by atomic mass is 10.2. The normalized spacial score (nSPS) is 14.8. The number of benzene rings is 1. The van der Waals surface area contributed by atoms with Crippen molar-refractivity contribution in [2.75, 3.05) is 5.32 Å². The lowest BCUT2D eigenvalue weighted by molar-refractivity contribution is -0.115. The number of amides is 1. The van der Waals surface area contributed by atoms with E-state index < -0.39 is 20.8 Å². The molecule has 19 heavy (non-hydrogen) atoms. The molecule has 2 atom stereocenters. The average molecular weight is 282 g/mol. The fourth-order valence-corrected chi connectivity index (χ4v) is 3.00. The van der Waals surface area contributed by atoms with E-state index in [4.69, 9.17) is 5.73 Å². The van der Waals surface area contributed by atoms with Crippen LogP contribution in [0.5, 0.6) is 0 Å². The number of carbonyl (C=O) groups excluding carboxylic acids is 1. The van der Waals surface area contributed by atoms with Crippen LogP contribution in [0.1, 0.15) is 33.3 Å². The van der Waals surface area contributed by atoms with Crippen molar-refractivity contribution >= 4 is 22.4 Å². The van der Waals surface area contributed by atoms with Crippen molar-refractivity contribution in [3.63, 3.8) is 0 Å². The van der Waals surface area contributed by atoms with Gasteiger partial charge in [0, 0.05) is 27.8 Å². The van der Waals surface area contributed by atoms with Gasteiger partial charge >= 0.3 is 0 Å². The predicted octanol–water partition coefficient (Wildman–Crippen LogP) is 2.02. The second kappa shape index (κ2) is 6.30. The summed E-state index contributed by atoms with van der Waals surface area (Å²) in [5.74, 6) is -0.242. The largest absolute Gasteiger partial charge is 0.326 e. The van der Waals surface area contributed by atoms with E-state index in [-0.39, 0.29) is 5.91 Å². The Morgan fingerprint density at radius 1 is 1.37 bits per heavy atom. The zero-order valence-electron chi connectivity index (χ0n) is 11.9. The molecule has 1 aromatic carbocycles. The molecule has 4 nitrogen and oxygen atoms in total. The zero-order chi connectivity index (χ0) is 14.6. The molecule has 0 spiro atoms. The minimum atomic E-state index is -1.24. The highest BCUT2D eigenvalue weighted by Gasteiger charge is 2.29. The molecule has 0 saturated heterocycles. The first-order chi connectivity index (χ1) is 8.77. The van der Waals surface area contributed by atoms with E-state index in [0.29, 0.717) is 12.2 Å². The van der Waals surface area contributed by atoms with Gasteiger partial charge in [-0.15, -0.1) is 0 Å². The fraction of sp³-hybridized carbons (Fsp3) is 0.500. The van der Waals surface area contributed by atoms with Crippen LogP contribution in [0.15, 0.2) is 24.3 Å². The van der Waals surface area contributed by atoms with E-state index in [1.807, 2.05) is 39.0 Å². The van der Waals surface area contributed by atoms with Crippen LogP contribution in [0.3, 0.4) is 0 Å². The molecule has 0 aliphatic rings. The third-order valence-electron chi connectivity index (χ3n) is 2.79. The van der Waals surface area contributed by atoms with Crippen molar-refractivity contribution in [1.29, 1.82) is 0 Å². The molecule has 0 radical (unpaired) electrons. The standard InChI is InChI=1S/C14H22N2O2S/c1-10(19(18)14(2,3)4)13(17)16-12-8-6-5-7-11(12)9-15/h5-8,10H,9,15H2,1-4H3,(H,16,17). The van der Waals surface area contributed by atoms with Gasteiger partial charge in [0.05, 0.1) is 0 Å². The highest BCUT2D eigenvalue weighted by Crippen LogP contribution is 2.19. The van der Waals surface area contributed by atoms with Crippen molar-refractivity contribution in [3.05, 3.63) is 29.8 Å². The molecule has 0 aliphatic carbocycles. The number of para-hydroxylation sites is 1. The third kappa shape index (κ3) is 4.14. The number of nitrogens with one attached hydrogen (secondary N) is 1. The molecule has 0 aromatic heterocycles. The molecule has 0 fully saturated rings. The third-order valence-corrected chi connectivity index (χ3v) is 4.85. The summed E-state index contributed by atoms with van der Waals surface area (Å²) in [7, 11) is -1.24. The van der Waals surface area contributed by atoms with Crippen molar-refractivity contribution < 1.29 is 9.00 Å². The maximum absolute atomic E-state index is 12.2. The quantitative estimate of drug-likeness (QED) is 0.887. The van der Waals surface area contributed by atoms with Crippen LogP contribution in [0.4, 0.5) is 5.69 Å². The SMILES string of the molecule is CC(C(=O)Nc1ccccc1CN)S(=O)C(C)(C)C. The van der Waals surface area contributed by atoms with E-state index in [1.165, 1.54) is 0 Å². The fourth-order valence-electron chi connectivity index (χ4n) is 1.68. The Balaban J connectivity index is 2.83. The maximum atomic E-state index is 12.2. The number of anilines is 1. The zero-order valence-corrected chi connectivity index (χ0v) is 12.7. The smallest absolute Gasteiger partial charge is 0.239 e. The van der Waals surface area contributed by atoms with E-state index in [1.54, 1.807) is 13.0 Å². The summed E-state index contributed by atoms with van der Waals surface area (Å²) in [6, 6.07) is 7.36. The first-order valence-electron chi connectivity index (χ1n) is 6.27. The lowest BCUT2D eigenvalue weighted by Gasteiger charge is -2.22. The van der Waals surface area contributed by atoms with E-state index in [0.717, 1.165) is 5.56 Å². The van der Waals surface area contributed by atoms with Gasteiger partial charge in [-0.05, 0) is 39.3 Å². The van der Waals surface area contributed by atoms with Crippen molar-refractivity contribution in [1.82, 2.24) is 0 Å².